The van der Waals surface area contributed by atoms with Gasteiger partial charge in [0.1, 0.15) is 0 Å². The van der Waals surface area contributed by atoms with Crippen molar-refractivity contribution in [3.63, 3.8) is 0 Å². The molecule has 150 valence electrons. The molecule has 0 radical (unpaired) electrons. The Hall–Kier alpha value is -3.30. The van der Waals surface area contributed by atoms with Crippen LogP contribution in [0.5, 0.6) is 0 Å². The molecule has 0 amide bonds. The Bertz CT molecular complexity index is 775. The molecule has 2 rings (SSSR count). The van der Waals surface area contributed by atoms with Gasteiger partial charge < -0.3 is 14.2 Å². The lowest BCUT2D eigenvalue weighted by Gasteiger charge is -2.26. The lowest BCUT2D eigenvalue weighted by atomic mass is 9.83. The average molecular weight is 390 g/mol. The first-order chi connectivity index (χ1) is 13.5. The van der Waals surface area contributed by atoms with E-state index in [-0.39, 0.29) is 25.6 Å². The normalized spacial score (nSPS) is 11.0. The molecule has 0 saturated carbocycles. The highest BCUT2D eigenvalue weighted by Gasteiger charge is 2.58. The number of ether oxygens (including phenoxy) is 3. The molecular formula is C18H22N4O6. The molecule has 0 aliphatic heterocycles. The summed E-state index contributed by atoms with van der Waals surface area (Å²) in [5, 5.41) is 11.4. The summed E-state index contributed by atoms with van der Waals surface area (Å²) in [7, 11) is 0. The van der Waals surface area contributed by atoms with Gasteiger partial charge in [-0.1, -0.05) is 18.2 Å². The molecule has 0 unspecified atom stereocenters. The Kier molecular flexibility index (Phi) is 7.19. The van der Waals surface area contributed by atoms with E-state index in [1.165, 1.54) is 4.68 Å². The first-order valence-corrected chi connectivity index (χ1v) is 8.85. The van der Waals surface area contributed by atoms with E-state index < -0.39 is 29.7 Å². The van der Waals surface area contributed by atoms with Gasteiger partial charge >= 0.3 is 17.9 Å². The van der Waals surface area contributed by atoms with E-state index in [9.17, 15) is 14.4 Å². The van der Waals surface area contributed by atoms with Crippen LogP contribution in [0.4, 0.5) is 0 Å². The van der Waals surface area contributed by atoms with Crippen molar-refractivity contribution in [3.05, 3.63) is 36.2 Å². The second-order valence-corrected chi connectivity index (χ2v) is 5.59. The molecule has 0 spiro atoms. The van der Waals surface area contributed by atoms with Gasteiger partial charge in [-0.05, 0) is 43.3 Å². The van der Waals surface area contributed by atoms with Crippen LogP contribution in [0, 0.1) is 5.41 Å². The number of para-hydroxylation sites is 1. The molecule has 1 aromatic carbocycles. The smallest absolute Gasteiger partial charge is 0.335 e. The molecule has 0 N–H and O–H groups in total. The van der Waals surface area contributed by atoms with Gasteiger partial charge in [-0.3, -0.25) is 14.4 Å². The second-order valence-electron chi connectivity index (χ2n) is 5.59. The van der Waals surface area contributed by atoms with E-state index in [0.29, 0.717) is 5.69 Å². The van der Waals surface area contributed by atoms with Crippen LogP contribution in [0.2, 0.25) is 0 Å². The topological polar surface area (TPSA) is 123 Å². The summed E-state index contributed by atoms with van der Waals surface area (Å²) < 4.78 is 16.4. The van der Waals surface area contributed by atoms with E-state index in [4.69, 9.17) is 14.2 Å². The number of rotatable bonds is 9. The molecule has 28 heavy (non-hydrogen) atoms. The van der Waals surface area contributed by atoms with Gasteiger partial charge in [0.25, 0.3) is 5.41 Å². The predicted octanol–water partition coefficient (Wildman–Crippen LogP) is 0.880. The highest BCUT2D eigenvalue weighted by Crippen LogP contribution is 2.29. The predicted molar refractivity (Wildman–Crippen MR) is 95.2 cm³/mol. The van der Waals surface area contributed by atoms with E-state index >= 15 is 0 Å². The maximum absolute atomic E-state index is 12.8. The molecule has 0 saturated heterocycles. The molecule has 0 atom stereocenters. The third-order valence-electron chi connectivity index (χ3n) is 3.83. The maximum Gasteiger partial charge on any atom is 0.335 e. The van der Waals surface area contributed by atoms with Crippen molar-refractivity contribution in [1.29, 1.82) is 0 Å². The fraction of sp³-hybridized carbons (Fsp3) is 0.444. The Morgan fingerprint density at radius 3 is 1.86 bits per heavy atom. The van der Waals surface area contributed by atoms with E-state index in [0.717, 1.165) is 0 Å². The number of benzene rings is 1. The Morgan fingerprint density at radius 1 is 0.893 bits per heavy atom. The van der Waals surface area contributed by atoms with Crippen LogP contribution in [-0.4, -0.2) is 57.9 Å². The van der Waals surface area contributed by atoms with Crippen molar-refractivity contribution in [1.82, 2.24) is 20.2 Å². The summed E-state index contributed by atoms with van der Waals surface area (Å²) in [5.74, 6) is -3.13. The van der Waals surface area contributed by atoms with Crippen molar-refractivity contribution in [2.24, 2.45) is 5.41 Å². The number of tetrazole rings is 1. The molecule has 1 heterocycles. The zero-order chi connectivity index (χ0) is 20.6. The average Bonchev–Trinajstić information content (AvgIpc) is 3.15. The van der Waals surface area contributed by atoms with Crippen LogP contribution < -0.4 is 0 Å². The fourth-order valence-corrected chi connectivity index (χ4v) is 2.55. The first-order valence-electron chi connectivity index (χ1n) is 8.85. The van der Waals surface area contributed by atoms with Crippen LogP contribution in [0.3, 0.4) is 0 Å². The Balaban J connectivity index is 2.56. The molecule has 1 aromatic heterocycles. The molecule has 0 fully saturated rings. The summed E-state index contributed by atoms with van der Waals surface area (Å²) in [5.41, 5.74) is -1.78. The van der Waals surface area contributed by atoms with Gasteiger partial charge in [0.2, 0.25) is 0 Å². The largest absolute Gasteiger partial charge is 0.465 e. The third kappa shape index (κ3) is 4.16. The summed E-state index contributed by atoms with van der Waals surface area (Å²) in [6.45, 7) is 4.57. The van der Waals surface area contributed by atoms with Crippen molar-refractivity contribution in [3.8, 4) is 5.69 Å². The molecule has 0 aliphatic rings. The first kappa shape index (κ1) is 21.0. The Morgan fingerprint density at radius 2 is 1.39 bits per heavy atom. The SMILES string of the molecule is CCOC(=O)C(Cc1nnnn1-c1ccccc1)(C(=O)OCC)C(=O)OCC. The number of carbonyl (C=O) groups is 3. The number of aromatic nitrogens is 4. The van der Waals surface area contributed by atoms with Crippen molar-refractivity contribution >= 4 is 17.9 Å². The van der Waals surface area contributed by atoms with Crippen LogP contribution in [0.25, 0.3) is 5.69 Å². The minimum atomic E-state index is -2.37. The zero-order valence-corrected chi connectivity index (χ0v) is 16.0. The number of hydrogen-bond donors (Lipinski definition) is 0. The van der Waals surface area contributed by atoms with Crippen molar-refractivity contribution < 1.29 is 28.6 Å². The molecule has 10 heteroatoms. The number of nitrogens with zero attached hydrogens (tertiary/aromatic N) is 4. The standard InChI is InChI=1S/C18H22N4O6/c1-4-26-15(23)18(16(24)27-5-2,17(25)28-6-3)12-14-19-20-21-22(14)13-10-8-7-9-11-13/h7-11H,4-6,12H2,1-3H3. The molecule has 10 nitrogen and oxygen atoms in total. The molecule has 0 bridgehead atoms. The van der Waals surface area contributed by atoms with Crippen LogP contribution in [0.15, 0.2) is 30.3 Å². The van der Waals surface area contributed by atoms with Crippen LogP contribution in [-0.2, 0) is 35.0 Å². The number of hydrogen-bond acceptors (Lipinski definition) is 9. The van der Waals surface area contributed by atoms with E-state index in [1.54, 1.807) is 45.0 Å². The van der Waals surface area contributed by atoms with Crippen LogP contribution >= 0.6 is 0 Å². The third-order valence-corrected chi connectivity index (χ3v) is 3.83. The monoisotopic (exact) mass is 390 g/mol. The summed E-state index contributed by atoms with van der Waals surface area (Å²) in [6.07, 6.45) is -0.481. The van der Waals surface area contributed by atoms with E-state index in [2.05, 4.69) is 15.5 Å². The van der Waals surface area contributed by atoms with Gasteiger partial charge in [0.15, 0.2) is 5.82 Å². The summed E-state index contributed by atoms with van der Waals surface area (Å²) >= 11 is 0. The Labute approximate surface area is 161 Å². The second kappa shape index (κ2) is 9.58. The zero-order valence-electron chi connectivity index (χ0n) is 16.0. The van der Waals surface area contributed by atoms with Gasteiger partial charge in [0.05, 0.1) is 25.5 Å². The summed E-state index contributed by atoms with van der Waals surface area (Å²) in [6, 6.07) is 8.83. The van der Waals surface area contributed by atoms with Crippen molar-refractivity contribution in [2.75, 3.05) is 19.8 Å². The van der Waals surface area contributed by atoms with E-state index in [1.807, 2.05) is 6.07 Å². The number of carbonyl (C=O) groups excluding carboxylic acids is 3. The minimum Gasteiger partial charge on any atom is -0.465 e. The molecule has 0 aliphatic carbocycles. The summed E-state index contributed by atoms with van der Waals surface area (Å²) in [4.78, 5) is 38.3. The lowest BCUT2D eigenvalue weighted by molar-refractivity contribution is -0.183. The van der Waals surface area contributed by atoms with Gasteiger partial charge in [0, 0.05) is 6.42 Å². The lowest BCUT2D eigenvalue weighted by Crippen LogP contribution is -2.51. The minimum absolute atomic E-state index is 0.0387. The highest BCUT2D eigenvalue weighted by molar-refractivity contribution is 6.18. The van der Waals surface area contributed by atoms with Gasteiger partial charge in [-0.25, -0.2) is 0 Å². The van der Waals surface area contributed by atoms with Crippen LogP contribution in [0.1, 0.15) is 26.6 Å². The van der Waals surface area contributed by atoms with Gasteiger partial charge in [-0.15, -0.1) is 5.10 Å². The quantitative estimate of drug-likeness (QED) is 0.349. The fourth-order valence-electron chi connectivity index (χ4n) is 2.55. The molecular weight excluding hydrogens is 368 g/mol. The number of esters is 3. The van der Waals surface area contributed by atoms with Crippen molar-refractivity contribution in [2.45, 2.75) is 27.2 Å². The molecule has 2 aromatic rings. The van der Waals surface area contributed by atoms with Gasteiger partial charge in [-0.2, -0.15) is 4.68 Å². The highest BCUT2D eigenvalue weighted by atomic mass is 16.6. The maximum atomic E-state index is 12.8.